The van der Waals surface area contributed by atoms with Gasteiger partial charge >= 0.3 is 11.9 Å². The first-order chi connectivity index (χ1) is 15.7. The Hall–Kier alpha value is -3.53. The molecule has 1 amide bonds. The number of ether oxygens (including phenoxy) is 5. The summed E-state index contributed by atoms with van der Waals surface area (Å²) in [4.78, 5) is 42.3. The van der Waals surface area contributed by atoms with Crippen molar-refractivity contribution >= 4 is 17.8 Å². The number of aromatic amines is 1. The Morgan fingerprint density at radius 2 is 1.58 bits per heavy atom. The number of H-pyrrole nitrogens is 1. The van der Waals surface area contributed by atoms with Crippen LogP contribution in [0.3, 0.4) is 0 Å². The minimum absolute atomic E-state index is 0.0760. The number of aromatic nitrogens is 1. The quantitative estimate of drug-likeness (QED) is 0.399. The number of hydrogen-bond donors (Lipinski definition) is 1. The fraction of sp³-hybridized carbons (Fsp3) is 0.435. The molecule has 33 heavy (non-hydrogen) atoms. The molecule has 1 heterocycles. The zero-order valence-electron chi connectivity index (χ0n) is 19.8. The second-order valence-electron chi connectivity index (χ2n) is 7.21. The number of nitrogens with zero attached hydrogens (tertiary/aromatic N) is 1. The zero-order valence-corrected chi connectivity index (χ0v) is 19.8. The standard InChI is InChI=1S/C23H30N2O8/c1-14-20(23(28)33-8-7-29-3)15(2)24-21(14)22(27)25(13-19(26)32-6)12-16-9-17(30-4)11-18(10-16)31-5/h9-11,24H,7-8,12-13H2,1-6H3. The second-order valence-corrected chi connectivity index (χ2v) is 7.21. The van der Waals surface area contributed by atoms with E-state index in [0.717, 1.165) is 0 Å². The fourth-order valence-electron chi connectivity index (χ4n) is 3.32. The third-order valence-electron chi connectivity index (χ3n) is 5.00. The first kappa shape index (κ1) is 25.7. The van der Waals surface area contributed by atoms with E-state index < -0.39 is 17.8 Å². The monoisotopic (exact) mass is 462 g/mol. The number of aryl methyl sites for hydroxylation is 1. The van der Waals surface area contributed by atoms with E-state index >= 15 is 0 Å². The van der Waals surface area contributed by atoms with Crippen molar-refractivity contribution in [2.45, 2.75) is 20.4 Å². The van der Waals surface area contributed by atoms with Crippen molar-refractivity contribution in [3.05, 3.63) is 46.3 Å². The highest BCUT2D eigenvalue weighted by molar-refractivity contribution is 6.01. The number of carbonyl (C=O) groups is 3. The SMILES string of the molecule is COCCOC(=O)c1c(C)[nH]c(C(=O)N(CC(=O)OC)Cc2cc(OC)cc(OC)c2)c1C. The lowest BCUT2D eigenvalue weighted by Gasteiger charge is -2.22. The molecule has 0 radical (unpaired) electrons. The number of nitrogens with one attached hydrogen (secondary N) is 1. The third kappa shape index (κ3) is 6.48. The van der Waals surface area contributed by atoms with Gasteiger partial charge in [-0.1, -0.05) is 0 Å². The van der Waals surface area contributed by atoms with Gasteiger partial charge in [0.2, 0.25) is 0 Å². The third-order valence-corrected chi connectivity index (χ3v) is 5.00. The predicted octanol–water partition coefficient (Wildman–Crippen LogP) is 2.27. The number of hydrogen-bond acceptors (Lipinski definition) is 8. The summed E-state index contributed by atoms with van der Waals surface area (Å²) in [6.45, 7) is 3.46. The van der Waals surface area contributed by atoms with Crippen LogP contribution in [0.25, 0.3) is 0 Å². The molecule has 1 aromatic heterocycles. The van der Waals surface area contributed by atoms with Crippen molar-refractivity contribution in [1.29, 1.82) is 0 Å². The number of rotatable bonds is 11. The van der Waals surface area contributed by atoms with Crippen LogP contribution in [0.5, 0.6) is 11.5 Å². The van der Waals surface area contributed by atoms with E-state index in [1.165, 1.54) is 33.3 Å². The molecule has 1 N–H and O–H groups in total. The molecule has 0 saturated heterocycles. The van der Waals surface area contributed by atoms with Crippen LogP contribution >= 0.6 is 0 Å². The molecule has 0 atom stereocenters. The molecule has 2 rings (SSSR count). The van der Waals surface area contributed by atoms with E-state index in [1.807, 2.05) is 0 Å². The minimum atomic E-state index is -0.585. The zero-order chi connectivity index (χ0) is 24.5. The van der Waals surface area contributed by atoms with E-state index in [4.69, 9.17) is 23.7 Å². The Balaban J connectivity index is 2.37. The number of methoxy groups -OCH3 is 4. The van der Waals surface area contributed by atoms with Crippen LogP contribution < -0.4 is 9.47 Å². The number of carbonyl (C=O) groups excluding carboxylic acids is 3. The maximum absolute atomic E-state index is 13.4. The van der Waals surface area contributed by atoms with Gasteiger partial charge in [-0.3, -0.25) is 9.59 Å². The van der Waals surface area contributed by atoms with Gasteiger partial charge in [-0.15, -0.1) is 0 Å². The first-order valence-electron chi connectivity index (χ1n) is 10.2. The van der Waals surface area contributed by atoms with Gasteiger partial charge in [0.05, 0.1) is 33.5 Å². The maximum atomic E-state index is 13.4. The second kappa shape index (κ2) is 11.9. The number of benzene rings is 1. The molecule has 0 aliphatic carbocycles. The Kier molecular flexibility index (Phi) is 9.29. The first-order valence-corrected chi connectivity index (χ1v) is 10.2. The normalized spacial score (nSPS) is 10.5. The summed E-state index contributed by atoms with van der Waals surface area (Å²) < 4.78 is 25.4. The van der Waals surface area contributed by atoms with Gasteiger partial charge in [0, 0.05) is 25.4 Å². The van der Waals surface area contributed by atoms with Gasteiger partial charge in [-0.2, -0.15) is 0 Å². The van der Waals surface area contributed by atoms with Gasteiger partial charge in [0.1, 0.15) is 30.3 Å². The van der Waals surface area contributed by atoms with Gasteiger partial charge in [0.15, 0.2) is 0 Å². The van der Waals surface area contributed by atoms with Gasteiger partial charge in [0.25, 0.3) is 5.91 Å². The predicted molar refractivity (Wildman–Crippen MR) is 119 cm³/mol. The smallest absolute Gasteiger partial charge is 0.340 e. The van der Waals surface area contributed by atoms with Crippen LogP contribution in [0, 0.1) is 13.8 Å². The van der Waals surface area contributed by atoms with Gasteiger partial charge < -0.3 is 33.6 Å². The van der Waals surface area contributed by atoms with Crippen molar-refractivity contribution < 1.29 is 38.1 Å². The van der Waals surface area contributed by atoms with Crippen LogP contribution in [0.15, 0.2) is 18.2 Å². The van der Waals surface area contributed by atoms with E-state index in [2.05, 4.69) is 4.98 Å². The number of amides is 1. The van der Waals surface area contributed by atoms with E-state index in [0.29, 0.717) is 28.3 Å². The summed E-state index contributed by atoms with van der Waals surface area (Å²) >= 11 is 0. The van der Waals surface area contributed by atoms with Crippen LogP contribution in [-0.4, -0.2) is 75.9 Å². The van der Waals surface area contributed by atoms with Crippen LogP contribution in [-0.2, 0) is 25.5 Å². The maximum Gasteiger partial charge on any atom is 0.340 e. The molecule has 0 aliphatic heterocycles. The molecule has 0 fully saturated rings. The number of esters is 2. The lowest BCUT2D eigenvalue weighted by atomic mass is 10.1. The van der Waals surface area contributed by atoms with Crippen LogP contribution in [0.4, 0.5) is 0 Å². The Bertz CT molecular complexity index is 976. The van der Waals surface area contributed by atoms with Crippen molar-refractivity contribution in [2.75, 3.05) is 48.2 Å². The molecular formula is C23H30N2O8. The van der Waals surface area contributed by atoms with Gasteiger partial charge in [-0.25, -0.2) is 4.79 Å². The molecule has 10 heteroatoms. The Morgan fingerprint density at radius 3 is 2.12 bits per heavy atom. The molecule has 0 saturated carbocycles. The molecule has 10 nitrogen and oxygen atoms in total. The summed E-state index contributed by atoms with van der Waals surface area (Å²) in [5.74, 6) is -0.530. The highest BCUT2D eigenvalue weighted by Gasteiger charge is 2.27. The topological polar surface area (TPSA) is 116 Å². The van der Waals surface area contributed by atoms with E-state index in [9.17, 15) is 14.4 Å². The molecule has 2 aromatic rings. The molecular weight excluding hydrogens is 432 g/mol. The largest absolute Gasteiger partial charge is 0.497 e. The van der Waals surface area contributed by atoms with Crippen molar-refractivity contribution in [1.82, 2.24) is 9.88 Å². The molecule has 0 aliphatic rings. The summed E-state index contributed by atoms with van der Waals surface area (Å²) in [6.07, 6.45) is 0. The summed E-state index contributed by atoms with van der Waals surface area (Å²) in [5, 5.41) is 0. The van der Waals surface area contributed by atoms with Gasteiger partial charge in [-0.05, 0) is 37.1 Å². The van der Waals surface area contributed by atoms with Crippen LogP contribution in [0.1, 0.15) is 37.7 Å². The lowest BCUT2D eigenvalue weighted by molar-refractivity contribution is -0.141. The summed E-state index contributed by atoms with van der Waals surface area (Å²) in [6, 6.07) is 5.19. The molecule has 0 unspecified atom stereocenters. The summed E-state index contributed by atoms with van der Waals surface area (Å²) in [5.41, 5.74) is 2.06. The molecule has 0 spiro atoms. The molecule has 180 valence electrons. The lowest BCUT2D eigenvalue weighted by Crippen LogP contribution is -2.36. The Morgan fingerprint density at radius 1 is 0.939 bits per heavy atom. The molecule has 1 aromatic carbocycles. The van der Waals surface area contributed by atoms with Crippen molar-refractivity contribution in [2.24, 2.45) is 0 Å². The molecule has 0 bridgehead atoms. The average molecular weight is 462 g/mol. The minimum Gasteiger partial charge on any atom is -0.497 e. The fourth-order valence-corrected chi connectivity index (χ4v) is 3.32. The van der Waals surface area contributed by atoms with E-state index in [-0.39, 0.29) is 37.6 Å². The average Bonchev–Trinajstić information content (AvgIpc) is 3.11. The summed E-state index contributed by atoms with van der Waals surface area (Å²) in [7, 11) is 5.80. The highest BCUT2D eigenvalue weighted by Crippen LogP contribution is 2.25. The van der Waals surface area contributed by atoms with Crippen LogP contribution in [0.2, 0.25) is 0 Å². The highest BCUT2D eigenvalue weighted by atomic mass is 16.6. The van der Waals surface area contributed by atoms with Crippen molar-refractivity contribution in [3.63, 3.8) is 0 Å². The van der Waals surface area contributed by atoms with Crippen molar-refractivity contribution in [3.8, 4) is 11.5 Å². The Labute approximate surface area is 192 Å². The van der Waals surface area contributed by atoms with E-state index in [1.54, 1.807) is 32.0 Å².